The Labute approximate surface area is 114 Å². The van der Waals surface area contributed by atoms with Gasteiger partial charge in [0.1, 0.15) is 0 Å². The third-order valence-corrected chi connectivity index (χ3v) is 4.28. The average Bonchev–Trinajstić information content (AvgIpc) is 2.40. The second kappa shape index (κ2) is 4.21. The van der Waals surface area contributed by atoms with Gasteiger partial charge in [0.05, 0.1) is 17.1 Å². The van der Waals surface area contributed by atoms with Crippen LogP contribution in [0.4, 0.5) is 5.69 Å². The number of hydrogen-bond acceptors (Lipinski definition) is 4. The van der Waals surface area contributed by atoms with E-state index in [-0.39, 0.29) is 17.6 Å². The number of benzene rings is 1. The fourth-order valence-electron chi connectivity index (χ4n) is 2.55. The number of H-pyrrole nitrogens is 2. The minimum atomic E-state index is -0.658. The van der Waals surface area contributed by atoms with E-state index in [4.69, 9.17) is 0 Å². The van der Waals surface area contributed by atoms with Crippen molar-refractivity contribution in [2.24, 2.45) is 5.41 Å². The average molecular weight is 275 g/mol. The van der Waals surface area contributed by atoms with Crippen LogP contribution in [0.3, 0.4) is 0 Å². The zero-order valence-electron chi connectivity index (χ0n) is 11.4. The minimum Gasteiger partial charge on any atom is -0.392 e. The van der Waals surface area contributed by atoms with E-state index >= 15 is 0 Å². The van der Waals surface area contributed by atoms with Gasteiger partial charge in [-0.05, 0) is 24.6 Å². The van der Waals surface area contributed by atoms with Crippen LogP contribution < -0.4 is 16.4 Å². The van der Waals surface area contributed by atoms with Crippen molar-refractivity contribution in [3.05, 3.63) is 38.9 Å². The second-order valence-electron chi connectivity index (χ2n) is 5.94. The summed E-state index contributed by atoms with van der Waals surface area (Å²) in [5.74, 6) is 0. The van der Waals surface area contributed by atoms with Gasteiger partial charge in [-0.1, -0.05) is 13.8 Å². The number of hydrogen-bond donors (Lipinski definition) is 4. The van der Waals surface area contributed by atoms with Gasteiger partial charge in [-0.15, -0.1) is 0 Å². The van der Waals surface area contributed by atoms with Gasteiger partial charge < -0.3 is 20.4 Å². The molecule has 1 saturated carbocycles. The van der Waals surface area contributed by atoms with E-state index in [1.54, 1.807) is 12.1 Å². The molecule has 6 nitrogen and oxygen atoms in total. The van der Waals surface area contributed by atoms with Gasteiger partial charge in [-0.3, -0.25) is 9.59 Å². The van der Waals surface area contributed by atoms with Gasteiger partial charge in [0, 0.05) is 17.1 Å². The van der Waals surface area contributed by atoms with Gasteiger partial charge in [0.15, 0.2) is 0 Å². The van der Waals surface area contributed by atoms with E-state index in [2.05, 4.69) is 15.3 Å². The molecule has 20 heavy (non-hydrogen) atoms. The summed E-state index contributed by atoms with van der Waals surface area (Å²) in [6, 6.07) is 5.56. The molecule has 1 aliphatic rings. The number of fused-ring (bicyclic) bond motifs is 1. The minimum absolute atomic E-state index is 0.173. The van der Waals surface area contributed by atoms with Crippen molar-refractivity contribution in [3.8, 4) is 0 Å². The summed E-state index contributed by atoms with van der Waals surface area (Å²) in [6.45, 7) is 4.03. The quantitative estimate of drug-likeness (QED) is 0.609. The SMILES string of the molecule is CC1(C)C(O)CC1Nc1ccc2[nH]c(=O)c(=O)[nH]c2c1. The first-order chi connectivity index (χ1) is 9.38. The molecule has 1 fully saturated rings. The van der Waals surface area contributed by atoms with Gasteiger partial charge in [-0.2, -0.15) is 0 Å². The molecule has 0 amide bonds. The van der Waals surface area contributed by atoms with Crippen LogP contribution in [-0.4, -0.2) is 27.2 Å². The third-order valence-electron chi connectivity index (χ3n) is 4.28. The Bertz CT molecular complexity index is 775. The summed E-state index contributed by atoms with van der Waals surface area (Å²) < 4.78 is 0. The molecule has 2 atom stereocenters. The van der Waals surface area contributed by atoms with Crippen molar-refractivity contribution in [1.29, 1.82) is 0 Å². The highest BCUT2D eigenvalue weighted by atomic mass is 16.3. The molecule has 6 heteroatoms. The van der Waals surface area contributed by atoms with Gasteiger partial charge in [-0.25, -0.2) is 0 Å². The molecular weight excluding hydrogens is 258 g/mol. The van der Waals surface area contributed by atoms with Crippen LogP contribution in [0.25, 0.3) is 11.0 Å². The van der Waals surface area contributed by atoms with Crippen molar-refractivity contribution in [2.75, 3.05) is 5.32 Å². The highest BCUT2D eigenvalue weighted by Crippen LogP contribution is 2.42. The molecule has 2 unspecified atom stereocenters. The maximum atomic E-state index is 11.3. The van der Waals surface area contributed by atoms with E-state index in [9.17, 15) is 14.7 Å². The number of aliphatic hydroxyl groups excluding tert-OH is 1. The number of anilines is 1. The standard InChI is InChI=1S/C14H17N3O3/c1-14(2)10(6-11(14)18)15-7-3-4-8-9(5-7)17-13(20)12(19)16-8/h3-5,10-11,15,18H,6H2,1-2H3,(H,16,19)(H,17,20). The Balaban J connectivity index is 1.92. The van der Waals surface area contributed by atoms with E-state index in [0.717, 1.165) is 5.69 Å². The van der Waals surface area contributed by atoms with E-state index in [1.165, 1.54) is 0 Å². The molecule has 0 spiro atoms. The Kier molecular flexibility index (Phi) is 2.72. The molecule has 1 heterocycles. The molecule has 1 aliphatic carbocycles. The maximum absolute atomic E-state index is 11.3. The zero-order valence-corrected chi connectivity index (χ0v) is 11.4. The number of aliphatic hydroxyl groups is 1. The molecule has 1 aromatic heterocycles. The molecule has 1 aromatic carbocycles. The molecule has 4 N–H and O–H groups in total. The van der Waals surface area contributed by atoms with Crippen LogP contribution in [0.15, 0.2) is 27.8 Å². The Morgan fingerprint density at radius 2 is 1.85 bits per heavy atom. The Morgan fingerprint density at radius 3 is 2.45 bits per heavy atom. The van der Waals surface area contributed by atoms with Crippen LogP contribution in [-0.2, 0) is 0 Å². The van der Waals surface area contributed by atoms with Crippen LogP contribution in [0.2, 0.25) is 0 Å². The van der Waals surface area contributed by atoms with Crippen molar-refractivity contribution >= 4 is 16.7 Å². The van der Waals surface area contributed by atoms with E-state index < -0.39 is 11.1 Å². The molecule has 2 aromatic rings. The number of rotatable bonds is 2. The van der Waals surface area contributed by atoms with Crippen molar-refractivity contribution in [1.82, 2.24) is 9.97 Å². The summed E-state index contributed by atoms with van der Waals surface area (Å²) in [7, 11) is 0. The van der Waals surface area contributed by atoms with Crippen molar-refractivity contribution in [2.45, 2.75) is 32.4 Å². The van der Waals surface area contributed by atoms with Gasteiger partial charge in [0.2, 0.25) is 0 Å². The van der Waals surface area contributed by atoms with Gasteiger partial charge >= 0.3 is 11.1 Å². The Morgan fingerprint density at radius 1 is 1.20 bits per heavy atom. The highest BCUT2D eigenvalue weighted by Gasteiger charge is 2.47. The molecule has 3 rings (SSSR count). The number of aromatic amines is 2. The molecule has 106 valence electrons. The lowest BCUT2D eigenvalue weighted by Crippen LogP contribution is -2.56. The summed E-state index contributed by atoms with van der Waals surface area (Å²) in [5, 5.41) is 13.1. The van der Waals surface area contributed by atoms with Crippen LogP contribution in [0.1, 0.15) is 20.3 Å². The number of nitrogens with one attached hydrogen (secondary N) is 3. The van der Waals surface area contributed by atoms with Crippen molar-refractivity contribution in [3.63, 3.8) is 0 Å². The van der Waals surface area contributed by atoms with Crippen molar-refractivity contribution < 1.29 is 5.11 Å². The predicted octanol–water partition coefficient (Wildman–Crippen LogP) is 0.788. The fraction of sp³-hybridized carbons (Fsp3) is 0.429. The topological polar surface area (TPSA) is 98.0 Å². The lowest BCUT2D eigenvalue weighted by atomic mass is 9.64. The predicted molar refractivity (Wildman–Crippen MR) is 77.0 cm³/mol. The van der Waals surface area contributed by atoms with Crippen LogP contribution in [0.5, 0.6) is 0 Å². The third kappa shape index (κ3) is 1.92. The molecule has 0 saturated heterocycles. The normalized spacial score (nSPS) is 24.4. The van der Waals surface area contributed by atoms with Crippen LogP contribution in [0, 0.1) is 5.41 Å². The smallest absolute Gasteiger partial charge is 0.314 e. The summed E-state index contributed by atoms with van der Waals surface area (Å²) in [4.78, 5) is 27.6. The summed E-state index contributed by atoms with van der Waals surface area (Å²) in [6.07, 6.45) is 0.407. The first-order valence-electron chi connectivity index (χ1n) is 6.59. The molecular formula is C14H17N3O3. The summed E-state index contributed by atoms with van der Waals surface area (Å²) >= 11 is 0. The molecule has 0 bridgehead atoms. The lowest BCUT2D eigenvalue weighted by molar-refractivity contribution is -0.0510. The second-order valence-corrected chi connectivity index (χ2v) is 5.94. The zero-order chi connectivity index (χ0) is 14.5. The molecule has 0 radical (unpaired) electrons. The lowest BCUT2D eigenvalue weighted by Gasteiger charge is -2.49. The fourth-order valence-corrected chi connectivity index (χ4v) is 2.55. The Hall–Kier alpha value is -2.08. The van der Waals surface area contributed by atoms with Crippen LogP contribution >= 0.6 is 0 Å². The van der Waals surface area contributed by atoms with E-state index in [1.807, 2.05) is 19.9 Å². The maximum Gasteiger partial charge on any atom is 0.314 e. The monoisotopic (exact) mass is 275 g/mol. The first kappa shape index (κ1) is 12.9. The first-order valence-corrected chi connectivity index (χ1v) is 6.59. The highest BCUT2D eigenvalue weighted by molar-refractivity contribution is 5.78. The van der Waals surface area contributed by atoms with Gasteiger partial charge in [0.25, 0.3) is 0 Å². The van der Waals surface area contributed by atoms with E-state index in [0.29, 0.717) is 17.5 Å². The molecule has 0 aliphatic heterocycles. The number of aromatic nitrogens is 2. The largest absolute Gasteiger partial charge is 0.392 e. The summed E-state index contributed by atoms with van der Waals surface area (Å²) in [5.41, 5.74) is 0.541.